The maximum atomic E-state index is 14.4. The number of hydrogen-bond donors (Lipinski definition) is 1. The van der Waals surface area contributed by atoms with Crippen LogP contribution in [0, 0.1) is 17.8 Å². The molecule has 8 heteroatoms. The Balaban J connectivity index is 1.59. The molecule has 2 fully saturated rings. The van der Waals surface area contributed by atoms with Gasteiger partial charge in [0.05, 0.1) is 29.2 Å². The Bertz CT molecular complexity index is 1120. The molecule has 6 atom stereocenters. The molecule has 37 heavy (non-hydrogen) atoms. The largest absolute Gasteiger partial charge is 0.394 e. The molecule has 0 radical (unpaired) electrons. The van der Waals surface area contributed by atoms with E-state index in [0.717, 1.165) is 5.56 Å². The lowest BCUT2D eigenvalue weighted by molar-refractivity contribution is -0.148. The van der Waals surface area contributed by atoms with E-state index in [-0.39, 0.29) is 41.5 Å². The van der Waals surface area contributed by atoms with Crippen molar-refractivity contribution in [1.29, 1.82) is 0 Å². The summed E-state index contributed by atoms with van der Waals surface area (Å²) in [5.74, 6) is -1.61. The predicted octanol–water partition coefficient (Wildman–Crippen LogP) is 2.71. The zero-order valence-corrected chi connectivity index (χ0v) is 22.8. The van der Waals surface area contributed by atoms with Crippen LogP contribution in [0.5, 0.6) is 0 Å². The Kier molecular flexibility index (Phi) is 7.00. The second-order valence-electron chi connectivity index (χ2n) is 11.2. The van der Waals surface area contributed by atoms with Crippen LogP contribution in [-0.4, -0.2) is 85.3 Å². The maximum Gasteiger partial charge on any atom is 0.247 e. The van der Waals surface area contributed by atoms with Gasteiger partial charge in [-0.15, -0.1) is 11.8 Å². The van der Waals surface area contributed by atoms with Gasteiger partial charge in [-0.2, -0.15) is 0 Å². The van der Waals surface area contributed by atoms with Crippen molar-refractivity contribution >= 4 is 29.5 Å². The molecule has 1 unspecified atom stereocenters. The van der Waals surface area contributed by atoms with Crippen LogP contribution in [-0.2, 0) is 20.9 Å². The minimum atomic E-state index is -0.856. The molecular weight excluding hydrogens is 486 g/mol. The molecule has 0 aromatic heterocycles. The third-order valence-electron chi connectivity index (χ3n) is 8.36. The fraction of sp³-hybridized carbons (Fsp3) is 0.552. The molecule has 7 nitrogen and oxygen atoms in total. The van der Waals surface area contributed by atoms with Gasteiger partial charge in [0.15, 0.2) is 0 Å². The first kappa shape index (κ1) is 26.0. The Morgan fingerprint density at radius 1 is 1.00 bits per heavy atom. The SMILES string of the molecule is CC(C)[C@H](CO)N1C(=O)[C@@H]2[C@@H]3C(=O)N(Cc4ccccc4)CC=C[C@@H]3S[C@@]23C=CCN(C(C)C)C(=O)C13. The summed E-state index contributed by atoms with van der Waals surface area (Å²) in [6.45, 7) is 9.08. The van der Waals surface area contributed by atoms with Crippen molar-refractivity contribution in [2.45, 2.75) is 62.4 Å². The highest BCUT2D eigenvalue weighted by molar-refractivity contribution is 8.02. The topological polar surface area (TPSA) is 81.2 Å². The normalized spacial score (nSPS) is 32.1. The number of nitrogens with zero attached hydrogens (tertiary/aromatic N) is 3. The van der Waals surface area contributed by atoms with Gasteiger partial charge in [-0.25, -0.2) is 0 Å². The number of carbonyl (C=O) groups excluding carboxylic acids is 3. The van der Waals surface area contributed by atoms with Crippen molar-refractivity contribution < 1.29 is 19.5 Å². The van der Waals surface area contributed by atoms with E-state index < -0.39 is 28.7 Å². The molecule has 1 N–H and O–H groups in total. The molecule has 4 aliphatic rings. The summed E-state index contributed by atoms with van der Waals surface area (Å²) in [5.41, 5.74) is 1.04. The highest BCUT2D eigenvalue weighted by atomic mass is 32.2. The number of hydrogen-bond acceptors (Lipinski definition) is 5. The number of aliphatic hydroxyl groups is 1. The molecule has 198 valence electrons. The summed E-state index contributed by atoms with van der Waals surface area (Å²) in [6.07, 6.45) is 8.13. The number of carbonyl (C=O) groups is 3. The monoisotopic (exact) mass is 523 g/mol. The van der Waals surface area contributed by atoms with Gasteiger partial charge in [-0.1, -0.05) is 68.5 Å². The van der Waals surface area contributed by atoms with Gasteiger partial charge in [0.2, 0.25) is 17.7 Å². The van der Waals surface area contributed by atoms with Gasteiger partial charge in [0.1, 0.15) is 6.04 Å². The smallest absolute Gasteiger partial charge is 0.247 e. The lowest BCUT2D eigenvalue weighted by Crippen LogP contribution is -2.58. The van der Waals surface area contributed by atoms with E-state index in [0.29, 0.717) is 19.6 Å². The van der Waals surface area contributed by atoms with Crippen molar-refractivity contribution in [1.82, 2.24) is 14.7 Å². The summed E-state index contributed by atoms with van der Waals surface area (Å²) in [7, 11) is 0. The highest BCUT2D eigenvalue weighted by Crippen LogP contribution is 2.61. The van der Waals surface area contributed by atoms with Crippen molar-refractivity contribution in [3.63, 3.8) is 0 Å². The Morgan fingerprint density at radius 3 is 2.38 bits per heavy atom. The molecule has 4 heterocycles. The fourth-order valence-electron chi connectivity index (χ4n) is 6.53. The van der Waals surface area contributed by atoms with E-state index in [1.165, 1.54) is 0 Å². The average molecular weight is 524 g/mol. The van der Waals surface area contributed by atoms with Crippen LogP contribution in [0.1, 0.15) is 33.3 Å². The Morgan fingerprint density at radius 2 is 1.73 bits per heavy atom. The molecular formula is C29H37N3O4S. The number of aliphatic hydroxyl groups excluding tert-OH is 1. The molecule has 0 bridgehead atoms. The van der Waals surface area contributed by atoms with Gasteiger partial charge in [-0.05, 0) is 25.3 Å². The minimum absolute atomic E-state index is 0.0327. The van der Waals surface area contributed by atoms with Crippen LogP contribution in [0.4, 0.5) is 0 Å². The zero-order valence-electron chi connectivity index (χ0n) is 22.0. The van der Waals surface area contributed by atoms with Crippen molar-refractivity contribution in [2.75, 3.05) is 19.7 Å². The van der Waals surface area contributed by atoms with Crippen molar-refractivity contribution in [2.24, 2.45) is 17.8 Å². The number of benzene rings is 1. The maximum absolute atomic E-state index is 14.4. The first-order valence-electron chi connectivity index (χ1n) is 13.3. The summed E-state index contributed by atoms with van der Waals surface area (Å²) in [4.78, 5) is 47.9. The van der Waals surface area contributed by atoms with Crippen LogP contribution in [0.3, 0.4) is 0 Å². The molecule has 1 spiro atoms. The van der Waals surface area contributed by atoms with E-state index >= 15 is 0 Å². The lowest BCUT2D eigenvalue weighted by Gasteiger charge is -2.40. The number of amides is 3. The van der Waals surface area contributed by atoms with Crippen LogP contribution in [0.25, 0.3) is 0 Å². The van der Waals surface area contributed by atoms with Crippen LogP contribution >= 0.6 is 11.8 Å². The summed E-state index contributed by atoms with van der Waals surface area (Å²) < 4.78 is -0.856. The molecule has 3 amide bonds. The van der Waals surface area contributed by atoms with Gasteiger partial charge < -0.3 is 19.8 Å². The standard InChI is InChI=1S/C29H37N3O4S/c1-18(2)21(17-33)32-25-28(36)31(19(3)4)15-9-13-29(25)24(27(32)35)23-22(37-29)12-8-14-30(26(23)34)16-20-10-6-5-7-11-20/h5-13,18-19,21-25,33H,14-17H2,1-4H3/t21-,22-,23+,24-,25?,29-/m0/s1. The predicted molar refractivity (Wildman–Crippen MR) is 144 cm³/mol. The second kappa shape index (κ2) is 9.95. The van der Waals surface area contributed by atoms with Crippen molar-refractivity contribution in [3.05, 3.63) is 60.2 Å². The molecule has 2 saturated heterocycles. The van der Waals surface area contributed by atoms with Crippen molar-refractivity contribution in [3.8, 4) is 0 Å². The van der Waals surface area contributed by atoms with E-state index in [9.17, 15) is 19.5 Å². The summed E-state index contributed by atoms with van der Waals surface area (Å²) in [6, 6.07) is 8.59. The number of thioether (sulfide) groups is 1. The van der Waals surface area contributed by atoms with Crippen LogP contribution in [0.2, 0.25) is 0 Å². The van der Waals surface area contributed by atoms with Gasteiger partial charge >= 0.3 is 0 Å². The molecule has 4 aliphatic heterocycles. The van der Waals surface area contributed by atoms with E-state index in [1.54, 1.807) is 16.7 Å². The van der Waals surface area contributed by atoms with Crippen LogP contribution in [0.15, 0.2) is 54.6 Å². The van der Waals surface area contributed by atoms with E-state index in [4.69, 9.17) is 0 Å². The lowest BCUT2D eigenvalue weighted by atomic mass is 9.78. The highest BCUT2D eigenvalue weighted by Gasteiger charge is 2.71. The molecule has 1 aromatic rings. The van der Waals surface area contributed by atoms with E-state index in [2.05, 4.69) is 6.08 Å². The quantitative estimate of drug-likeness (QED) is 0.580. The number of fused-ring (bicyclic) bond motifs is 2. The molecule has 5 rings (SSSR count). The van der Waals surface area contributed by atoms with Gasteiger partial charge in [0.25, 0.3) is 0 Å². The van der Waals surface area contributed by atoms with E-state index in [1.807, 2.05) is 86.1 Å². The van der Waals surface area contributed by atoms with Gasteiger partial charge in [0, 0.05) is 30.9 Å². The summed E-state index contributed by atoms with van der Waals surface area (Å²) >= 11 is 1.59. The molecule has 0 aliphatic carbocycles. The summed E-state index contributed by atoms with van der Waals surface area (Å²) in [5, 5.41) is 10.2. The molecule has 1 aromatic carbocycles. The third-order valence-corrected chi connectivity index (χ3v) is 10.1. The number of likely N-dealkylation sites (tertiary alicyclic amines) is 1. The Labute approximate surface area is 223 Å². The minimum Gasteiger partial charge on any atom is -0.394 e. The average Bonchev–Trinajstić information content (AvgIpc) is 3.18. The van der Waals surface area contributed by atoms with Crippen LogP contribution < -0.4 is 0 Å². The first-order chi connectivity index (χ1) is 17.7. The van der Waals surface area contributed by atoms with Gasteiger partial charge in [-0.3, -0.25) is 14.4 Å². The zero-order chi connectivity index (χ0) is 26.5. The number of rotatable bonds is 6. The second-order valence-corrected chi connectivity index (χ2v) is 12.7. The fourth-order valence-corrected chi connectivity index (χ4v) is 8.53. The first-order valence-corrected chi connectivity index (χ1v) is 14.2. The molecule has 0 saturated carbocycles. The third kappa shape index (κ3) is 4.13. The Hall–Kier alpha value is -2.58.